The van der Waals surface area contributed by atoms with Crippen LogP contribution in [0.25, 0.3) is 0 Å². The molecule has 0 spiro atoms. The third-order valence-electron chi connectivity index (χ3n) is 5.33. The molecule has 3 heterocycles. The maximum Gasteiger partial charge on any atom is 0.262 e. The molecule has 2 aromatic rings. The van der Waals surface area contributed by atoms with Gasteiger partial charge in [0.05, 0.1) is 6.33 Å². The number of aromatic nitrogens is 2. The van der Waals surface area contributed by atoms with Gasteiger partial charge in [0, 0.05) is 36.9 Å². The van der Waals surface area contributed by atoms with E-state index in [0.29, 0.717) is 18.4 Å². The van der Waals surface area contributed by atoms with Crippen molar-refractivity contribution in [2.24, 2.45) is 7.05 Å². The zero-order valence-corrected chi connectivity index (χ0v) is 15.7. The Bertz CT molecular complexity index is 943. The highest BCUT2D eigenvalue weighted by Crippen LogP contribution is 2.39. The van der Waals surface area contributed by atoms with E-state index in [2.05, 4.69) is 10.3 Å². The Balaban J connectivity index is 1.47. The maximum absolute atomic E-state index is 13.0. The Kier molecular flexibility index (Phi) is 4.51. The van der Waals surface area contributed by atoms with Gasteiger partial charge >= 0.3 is 0 Å². The number of piperidine rings is 1. The van der Waals surface area contributed by atoms with Crippen LogP contribution in [-0.2, 0) is 17.1 Å². The summed E-state index contributed by atoms with van der Waals surface area (Å²) in [4.78, 5) is 16.4. The summed E-state index contributed by atoms with van der Waals surface area (Å²) in [6.07, 6.45) is 5.67. The number of hydrogen-bond donors (Lipinski definition) is 1. The number of aryl methyl sites for hydroxylation is 1. The first kappa shape index (κ1) is 18.1. The average Bonchev–Trinajstić information content (AvgIpc) is 3.18. The number of rotatable bonds is 4. The number of fused-ring (bicyclic) bond motifs is 2. The SMILES string of the molecule is Cn1cnc(S(=O)(=O)N2[C@@H]3CC[C@H]2CC(NC(=O)c2ccc(F)cc2)C3)c1. The highest BCUT2D eigenvalue weighted by Gasteiger charge is 2.48. The average molecular weight is 392 g/mol. The van der Waals surface area contributed by atoms with E-state index in [1.165, 1.54) is 36.8 Å². The third kappa shape index (κ3) is 3.37. The smallest absolute Gasteiger partial charge is 0.262 e. The van der Waals surface area contributed by atoms with Gasteiger partial charge in [0.1, 0.15) is 5.82 Å². The second-order valence-electron chi connectivity index (χ2n) is 7.25. The minimum Gasteiger partial charge on any atom is -0.349 e. The molecule has 1 N–H and O–H groups in total. The van der Waals surface area contributed by atoms with Crippen molar-refractivity contribution >= 4 is 15.9 Å². The summed E-state index contributed by atoms with van der Waals surface area (Å²) in [5, 5.41) is 3.03. The van der Waals surface area contributed by atoms with Gasteiger partial charge in [-0.2, -0.15) is 4.31 Å². The maximum atomic E-state index is 13.0. The van der Waals surface area contributed by atoms with Crippen molar-refractivity contribution < 1.29 is 17.6 Å². The molecule has 2 saturated heterocycles. The molecule has 1 amide bonds. The van der Waals surface area contributed by atoms with E-state index in [9.17, 15) is 17.6 Å². The molecule has 2 aliphatic rings. The molecule has 0 radical (unpaired) electrons. The molecule has 2 fully saturated rings. The van der Waals surface area contributed by atoms with Gasteiger partial charge in [0.2, 0.25) is 0 Å². The Morgan fingerprint density at radius 1 is 1.19 bits per heavy atom. The van der Waals surface area contributed by atoms with Crippen LogP contribution in [0.3, 0.4) is 0 Å². The lowest BCUT2D eigenvalue weighted by atomic mass is 9.99. The summed E-state index contributed by atoms with van der Waals surface area (Å²) in [6, 6.07) is 5.00. The number of carbonyl (C=O) groups is 1. The largest absolute Gasteiger partial charge is 0.349 e. The molecule has 1 aromatic carbocycles. The quantitative estimate of drug-likeness (QED) is 0.858. The van der Waals surface area contributed by atoms with Crippen LogP contribution < -0.4 is 5.32 Å². The molecule has 144 valence electrons. The first-order chi connectivity index (χ1) is 12.8. The van der Waals surface area contributed by atoms with Crippen molar-refractivity contribution in [3.05, 3.63) is 48.2 Å². The van der Waals surface area contributed by atoms with Gasteiger partial charge in [-0.1, -0.05) is 0 Å². The fourth-order valence-corrected chi connectivity index (χ4v) is 6.01. The number of hydrogen-bond acceptors (Lipinski definition) is 4. The second-order valence-corrected chi connectivity index (χ2v) is 9.04. The molecule has 4 rings (SSSR count). The summed E-state index contributed by atoms with van der Waals surface area (Å²) in [5.74, 6) is -0.655. The zero-order valence-electron chi connectivity index (χ0n) is 14.9. The number of amides is 1. The van der Waals surface area contributed by atoms with Crippen LogP contribution in [-0.4, -0.2) is 46.3 Å². The summed E-state index contributed by atoms with van der Waals surface area (Å²) >= 11 is 0. The lowest BCUT2D eigenvalue weighted by molar-refractivity contribution is 0.0909. The number of benzene rings is 1. The highest BCUT2D eigenvalue weighted by molar-refractivity contribution is 7.89. The Morgan fingerprint density at radius 2 is 1.81 bits per heavy atom. The molecule has 2 bridgehead atoms. The van der Waals surface area contributed by atoms with Gasteiger partial charge in [-0.05, 0) is 49.9 Å². The molecule has 9 heteroatoms. The third-order valence-corrected chi connectivity index (χ3v) is 7.22. The van der Waals surface area contributed by atoms with E-state index >= 15 is 0 Å². The normalized spacial score (nSPS) is 25.5. The monoisotopic (exact) mass is 392 g/mol. The van der Waals surface area contributed by atoms with Crippen molar-refractivity contribution in [1.82, 2.24) is 19.2 Å². The van der Waals surface area contributed by atoms with E-state index in [1.54, 1.807) is 15.9 Å². The summed E-state index contributed by atoms with van der Waals surface area (Å²) in [7, 11) is -1.90. The van der Waals surface area contributed by atoms with Crippen LogP contribution in [0, 0.1) is 5.82 Å². The predicted molar refractivity (Wildman–Crippen MR) is 95.9 cm³/mol. The number of halogens is 1. The molecule has 1 unspecified atom stereocenters. The van der Waals surface area contributed by atoms with Crippen LogP contribution in [0.5, 0.6) is 0 Å². The van der Waals surface area contributed by atoms with E-state index in [1.807, 2.05) is 0 Å². The molecule has 2 aliphatic heterocycles. The van der Waals surface area contributed by atoms with E-state index in [0.717, 1.165) is 12.8 Å². The number of carbonyl (C=O) groups excluding carboxylic acids is 1. The van der Waals surface area contributed by atoms with Gasteiger partial charge in [0.25, 0.3) is 15.9 Å². The Morgan fingerprint density at radius 3 is 2.37 bits per heavy atom. The molecule has 7 nitrogen and oxygen atoms in total. The Labute approximate surface area is 157 Å². The minimum atomic E-state index is -3.64. The molecule has 1 aromatic heterocycles. The van der Waals surface area contributed by atoms with Crippen LogP contribution in [0.2, 0.25) is 0 Å². The van der Waals surface area contributed by atoms with Crippen molar-refractivity contribution in [2.75, 3.05) is 0 Å². The van der Waals surface area contributed by atoms with Crippen molar-refractivity contribution in [2.45, 2.75) is 48.8 Å². The number of sulfonamides is 1. The van der Waals surface area contributed by atoms with Crippen LogP contribution >= 0.6 is 0 Å². The predicted octanol–water partition coefficient (Wildman–Crippen LogP) is 1.67. The van der Waals surface area contributed by atoms with Crippen LogP contribution in [0.4, 0.5) is 4.39 Å². The van der Waals surface area contributed by atoms with Gasteiger partial charge in [-0.15, -0.1) is 0 Å². The second kappa shape index (κ2) is 6.72. The fraction of sp³-hybridized carbons (Fsp3) is 0.444. The molecule has 0 saturated carbocycles. The number of nitrogens with zero attached hydrogens (tertiary/aromatic N) is 3. The van der Waals surface area contributed by atoms with Gasteiger partial charge in [-0.3, -0.25) is 4.79 Å². The van der Waals surface area contributed by atoms with Crippen molar-refractivity contribution in [3.8, 4) is 0 Å². The minimum absolute atomic E-state index is 0.0655. The molecule has 27 heavy (non-hydrogen) atoms. The van der Waals surface area contributed by atoms with E-state index < -0.39 is 15.8 Å². The Hall–Kier alpha value is -2.26. The lowest BCUT2D eigenvalue weighted by Gasteiger charge is -2.37. The lowest BCUT2D eigenvalue weighted by Crippen LogP contribution is -2.52. The van der Waals surface area contributed by atoms with Crippen molar-refractivity contribution in [1.29, 1.82) is 0 Å². The molecular weight excluding hydrogens is 371 g/mol. The standard InChI is InChI=1S/C18H21FN4O3S/c1-22-10-17(20-11-22)27(25,26)23-15-6-7-16(23)9-14(8-15)21-18(24)12-2-4-13(19)5-3-12/h2-5,10-11,14-16H,6-9H2,1H3,(H,21,24)/t14?,15-,16+. The molecular formula is C18H21FN4O3S. The van der Waals surface area contributed by atoms with Gasteiger partial charge in [0.15, 0.2) is 5.03 Å². The van der Waals surface area contributed by atoms with Crippen LogP contribution in [0.15, 0.2) is 41.8 Å². The van der Waals surface area contributed by atoms with E-state index in [-0.39, 0.29) is 29.1 Å². The van der Waals surface area contributed by atoms with E-state index in [4.69, 9.17) is 0 Å². The van der Waals surface area contributed by atoms with Crippen molar-refractivity contribution in [3.63, 3.8) is 0 Å². The van der Waals surface area contributed by atoms with Gasteiger partial charge in [-0.25, -0.2) is 17.8 Å². The topological polar surface area (TPSA) is 84.3 Å². The molecule has 0 aliphatic carbocycles. The number of imidazole rings is 1. The zero-order chi connectivity index (χ0) is 19.2. The summed E-state index contributed by atoms with van der Waals surface area (Å²) < 4.78 is 42.2. The first-order valence-electron chi connectivity index (χ1n) is 8.92. The highest BCUT2D eigenvalue weighted by atomic mass is 32.2. The number of nitrogens with one attached hydrogen (secondary N) is 1. The molecule has 3 atom stereocenters. The first-order valence-corrected chi connectivity index (χ1v) is 10.4. The van der Waals surface area contributed by atoms with Crippen LogP contribution in [0.1, 0.15) is 36.0 Å². The fourth-order valence-electron chi connectivity index (χ4n) is 4.14. The summed E-state index contributed by atoms with van der Waals surface area (Å²) in [6.45, 7) is 0. The van der Waals surface area contributed by atoms with Gasteiger partial charge < -0.3 is 9.88 Å². The summed E-state index contributed by atoms with van der Waals surface area (Å²) in [5.41, 5.74) is 0.396.